The number of rotatable bonds is 4. The minimum absolute atomic E-state index is 0.202. The van der Waals surface area contributed by atoms with Crippen LogP contribution in [0.4, 0.5) is 17.2 Å². The monoisotopic (exact) mass is 547 g/mol. The molecule has 7 rings (SSSR count). The fraction of sp³-hybridized carbons (Fsp3) is 0.158. The highest BCUT2D eigenvalue weighted by Gasteiger charge is 2.37. The van der Waals surface area contributed by atoms with E-state index in [2.05, 4.69) is 118 Å². The highest BCUT2D eigenvalue weighted by molar-refractivity contribution is 5.92. The van der Waals surface area contributed by atoms with Crippen molar-refractivity contribution in [3.8, 4) is 28.1 Å². The van der Waals surface area contributed by atoms with Crippen LogP contribution in [0, 0.1) is 0 Å². The highest BCUT2D eigenvalue weighted by atomic mass is 16.3. The van der Waals surface area contributed by atoms with Crippen LogP contribution in [-0.4, -0.2) is 15.1 Å². The van der Waals surface area contributed by atoms with Gasteiger partial charge in [-0.1, -0.05) is 100 Å². The Morgan fingerprint density at radius 3 is 2.26 bits per heavy atom. The number of hydrogen-bond donors (Lipinski definition) is 1. The van der Waals surface area contributed by atoms with Crippen molar-refractivity contribution < 1.29 is 5.11 Å². The molecular formula is C38H33N3O. The maximum absolute atomic E-state index is 10.8. The number of fused-ring (bicyclic) bond motifs is 3. The molecule has 4 aromatic carbocycles. The van der Waals surface area contributed by atoms with E-state index >= 15 is 0 Å². The van der Waals surface area contributed by atoms with Gasteiger partial charge in [-0.15, -0.1) is 0 Å². The number of pyridine rings is 2. The molecule has 4 heteroatoms. The van der Waals surface area contributed by atoms with Crippen molar-refractivity contribution in [2.24, 2.45) is 0 Å². The molecule has 206 valence electrons. The van der Waals surface area contributed by atoms with Gasteiger partial charge >= 0.3 is 0 Å². The number of phenolic OH excluding ortho intramolecular Hbond substituents is 1. The zero-order chi connectivity index (χ0) is 29.0. The van der Waals surface area contributed by atoms with Crippen LogP contribution in [0.5, 0.6) is 5.75 Å². The maximum atomic E-state index is 10.8. The van der Waals surface area contributed by atoms with Crippen LogP contribution >= 0.6 is 0 Å². The van der Waals surface area contributed by atoms with Gasteiger partial charge in [0, 0.05) is 22.6 Å². The van der Waals surface area contributed by atoms with Gasteiger partial charge in [-0.3, -0.25) is 4.90 Å². The molecule has 0 bridgehead atoms. The lowest BCUT2D eigenvalue weighted by Crippen LogP contribution is -2.31. The fourth-order valence-electron chi connectivity index (χ4n) is 6.36. The van der Waals surface area contributed by atoms with Crippen molar-refractivity contribution in [3.05, 3.63) is 132 Å². The summed E-state index contributed by atoms with van der Waals surface area (Å²) in [5, 5.41) is 11.7. The first-order valence-electron chi connectivity index (χ1n) is 14.5. The van der Waals surface area contributed by atoms with Gasteiger partial charge in [-0.25, -0.2) is 9.97 Å². The maximum Gasteiger partial charge on any atom is 0.141 e. The van der Waals surface area contributed by atoms with Crippen LogP contribution < -0.4 is 4.90 Å². The molecule has 4 nitrogen and oxygen atoms in total. The molecule has 3 heterocycles. The standard InChI is InChI=1S/C38H33N3O/c1-24(2)29-23-32(40-37-28(29)13-10-16-35(37)42)27-17-18-31-34(21-27)41(33-15-9-8-14-30(33)38(31,3)4)36-22-26(19-20-39-36)25-11-6-5-7-12-25/h5-24,42H,1-4H3. The summed E-state index contributed by atoms with van der Waals surface area (Å²) in [7, 11) is 0. The third kappa shape index (κ3) is 4.14. The SMILES string of the molecule is CC(C)c1cc(-c2ccc3c(c2)N(c2cc(-c4ccccc4)ccn2)c2ccccc2C3(C)C)nc2c(O)cccc12. The number of anilines is 3. The second kappa shape index (κ2) is 9.85. The molecule has 0 radical (unpaired) electrons. The molecule has 0 atom stereocenters. The largest absolute Gasteiger partial charge is 0.506 e. The molecule has 1 aliphatic rings. The lowest BCUT2D eigenvalue weighted by atomic mass is 9.73. The van der Waals surface area contributed by atoms with Gasteiger partial charge in [0.1, 0.15) is 17.1 Å². The summed E-state index contributed by atoms with van der Waals surface area (Å²) in [5.41, 5.74) is 10.4. The third-order valence-corrected chi connectivity index (χ3v) is 8.58. The minimum Gasteiger partial charge on any atom is -0.506 e. The number of aromatic hydroxyl groups is 1. The summed E-state index contributed by atoms with van der Waals surface area (Å²) < 4.78 is 0. The summed E-state index contributed by atoms with van der Waals surface area (Å²) in [6.45, 7) is 8.95. The highest BCUT2D eigenvalue weighted by Crippen LogP contribution is 2.52. The molecule has 0 saturated heterocycles. The zero-order valence-corrected chi connectivity index (χ0v) is 24.3. The number of nitrogens with zero attached hydrogens (tertiary/aromatic N) is 3. The molecule has 0 fully saturated rings. The summed E-state index contributed by atoms with van der Waals surface area (Å²) in [6.07, 6.45) is 1.89. The molecular weight excluding hydrogens is 514 g/mol. The number of benzene rings is 4. The molecule has 1 aliphatic heterocycles. The lowest BCUT2D eigenvalue weighted by Gasteiger charge is -2.41. The van der Waals surface area contributed by atoms with Crippen molar-refractivity contribution in [1.82, 2.24) is 9.97 Å². The van der Waals surface area contributed by atoms with E-state index in [0.29, 0.717) is 5.52 Å². The van der Waals surface area contributed by atoms with Crippen LogP contribution in [0.1, 0.15) is 50.3 Å². The Bertz CT molecular complexity index is 1960. The number of aromatic nitrogens is 2. The van der Waals surface area contributed by atoms with E-state index < -0.39 is 0 Å². The van der Waals surface area contributed by atoms with E-state index in [4.69, 9.17) is 9.97 Å². The number of para-hydroxylation sites is 2. The normalized spacial score (nSPS) is 13.7. The van der Waals surface area contributed by atoms with Crippen LogP contribution in [0.3, 0.4) is 0 Å². The van der Waals surface area contributed by atoms with Gasteiger partial charge < -0.3 is 5.11 Å². The van der Waals surface area contributed by atoms with E-state index in [9.17, 15) is 5.11 Å². The predicted molar refractivity (Wildman–Crippen MR) is 173 cm³/mol. The van der Waals surface area contributed by atoms with E-state index in [-0.39, 0.29) is 17.1 Å². The van der Waals surface area contributed by atoms with Crippen molar-refractivity contribution in [1.29, 1.82) is 0 Å². The molecule has 0 saturated carbocycles. The van der Waals surface area contributed by atoms with Crippen LogP contribution in [0.25, 0.3) is 33.3 Å². The van der Waals surface area contributed by atoms with Crippen molar-refractivity contribution in [2.45, 2.75) is 39.0 Å². The first-order valence-corrected chi connectivity index (χ1v) is 14.5. The second-order valence-electron chi connectivity index (χ2n) is 11.9. The third-order valence-electron chi connectivity index (χ3n) is 8.58. The lowest BCUT2D eigenvalue weighted by molar-refractivity contribution is 0.480. The molecule has 2 aromatic heterocycles. The van der Waals surface area contributed by atoms with Crippen LogP contribution in [0.15, 0.2) is 115 Å². The zero-order valence-electron chi connectivity index (χ0n) is 24.3. The van der Waals surface area contributed by atoms with E-state index in [0.717, 1.165) is 45.0 Å². The Hall–Kier alpha value is -4.96. The summed E-state index contributed by atoms with van der Waals surface area (Å²) in [6, 6.07) is 37.7. The molecule has 42 heavy (non-hydrogen) atoms. The van der Waals surface area contributed by atoms with Crippen LogP contribution in [-0.2, 0) is 5.41 Å². The van der Waals surface area contributed by atoms with Gasteiger partial charge in [-0.2, -0.15) is 0 Å². The topological polar surface area (TPSA) is 49.2 Å². The molecule has 1 N–H and O–H groups in total. The van der Waals surface area contributed by atoms with Gasteiger partial charge in [0.05, 0.1) is 17.1 Å². The van der Waals surface area contributed by atoms with Gasteiger partial charge in [0.25, 0.3) is 0 Å². The van der Waals surface area contributed by atoms with Gasteiger partial charge in [0.2, 0.25) is 0 Å². The van der Waals surface area contributed by atoms with Crippen molar-refractivity contribution in [2.75, 3.05) is 4.90 Å². The molecule has 0 spiro atoms. The summed E-state index contributed by atoms with van der Waals surface area (Å²) in [5.74, 6) is 1.35. The molecule has 0 aliphatic carbocycles. The van der Waals surface area contributed by atoms with E-state index in [1.807, 2.05) is 24.4 Å². The van der Waals surface area contributed by atoms with E-state index in [1.165, 1.54) is 16.7 Å². The average Bonchev–Trinajstić information content (AvgIpc) is 3.01. The quantitative estimate of drug-likeness (QED) is 0.239. The molecule has 0 unspecified atom stereocenters. The minimum atomic E-state index is -0.212. The molecule has 0 amide bonds. The van der Waals surface area contributed by atoms with Crippen molar-refractivity contribution >= 4 is 28.1 Å². The van der Waals surface area contributed by atoms with Crippen molar-refractivity contribution in [3.63, 3.8) is 0 Å². The second-order valence-corrected chi connectivity index (χ2v) is 11.9. The smallest absolute Gasteiger partial charge is 0.141 e. The average molecular weight is 548 g/mol. The van der Waals surface area contributed by atoms with Gasteiger partial charge in [0.15, 0.2) is 0 Å². The Kier molecular flexibility index (Phi) is 6.09. The first-order chi connectivity index (χ1) is 20.3. The predicted octanol–water partition coefficient (Wildman–Crippen LogP) is 9.90. The summed E-state index contributed by atoms with van der Waals surface area (Å²) >= 11 is 0. The van der Waals surface area contributed by atoms with E-state index in [1.54, 1.807) is 6.07 Å². The van der Waals surface area contributed by atoms with Gasteiger partial charge in [-0.05, 0) is 70.1 Å². The number of hydrogen-bond acceptors (Lipinski definition) is 4. The molecule has 6 aromatic rings. The Morgan fingerprint density at radius 1 is 0.690 bits per heavy atom. The Labute approximate surface area is 247 Å². The number of phenols is 1. The fourth-order valence-corrected chi connectivity index (χ4v) is 6.36. The summed E-state index contributed by atoms with van der Waals surface area (Å²) in [4.78, 5) is 12.2. The first kappa shape index (κ1) is 26.0. The van der Waals surface area contributed by atoms with Crippen LogP contribution in [0.2, 0.25) is 0 Å². The Morgan fingerprint density at radius 2 is 1.45 bits per heavy atom. The Balaban J connectivity index is 1.46.